The largest absolute Gasteiger partial charge is 0.480 e. The van der Waals surface area contributed by atoms with Crippen LogP contribution in [0.3, 0.4) is 0 Å². The van der Waals surface area contributed by atoms with Crippen molar-refractivity contribution in [3.63, 3.8) is 0 Å². The number of carbonyl (C=O) groups excluding carboxylic acids is 3. The van der Waals surface area contributed by atoms with Gasteiger partial charge in [-0.1, -0.05) is 40.5 Å². The van der Waals surface area contributed by atoms with E-state index in [-0.39, 0.29) is 11.8 Å². The van der Waals surface area contributed by atoms with Gasteiger partial charge in [0.2, 0.25) is 17.7 Å². The van der Waals surface area contributed by atoms with E-state index in [0.717, 1.165) is 6.42 Å². The van der Waals surface area contributed by atoms with Crippen molar-refractivity contribution in [2.45, 2.75) is 90.6 Å². The number of aliphatic hydroxyl groups is 1. The summed E-state index contributed by atoms with van der Waals surface area (Å²) < 4.78 is 0. The molecule has 0 aromatic carbocycles. The molecule has 0 saturated heterocycles. The number of aliphatic hydroxyl groups excluding tert-OH is 1. The number of nitrogens with two attached hydrogens (primary N) is 2. The first-order valence-corrected chi connectivity index (χ1v) is 11.1. The van der Waals surface area contributed by atoms with Crippen LogP contribution in [-0.2, 0) is 19.2 Å². The topological polar surface area (TPSA) is 197 Å². The number of unbranched alkanes of at least 4 members (excludes halogenated alkanes) is 1. The highest BCUT2D eigenvalue weighted by molar-refractivity contribution is 5.94. The Morgan fingerprint density at radius 3 is 1.78 bits per heavy atom. The molecule has 9 N–H and O–H groups in total. The summed E-state index contributed by atoms with van der Waals surface area (Å²) in [6, 6.07) is -4.29. The van der Waals surface area contributed by atoms with Crippen molar-refractivity contribution in [1.82, 2.24) is 16.0 Å². The molecule has 6 unspecified atom stereocenters. The standard InChI is InChI=1S/C21H41N5O6/c1-6-12(4)16(20(30)26-17(13(5)27)21(31)32)25-19(29)15(11(2)3)24-18(28)14(23)9-7-8-10-22/h11-17,27H,6-10,22-23H2,1-5H3,(H,24,28)(H,25,29)(H,26,30)(H,31,32). The number of aliphatic carboxylic acids is 1. The molecule has 6 atom stereocenters. The van der Waals surface area contributed by atoms with Gasteiger partial charge in [0.1, 0.15) is 12.1 Å². The maximum absolute atomic E-state index is 13.0. The fraction of sp³-hybridized carbons (Fsp3) is 0.810. The minimum atomic E-state index is -1.52. The zero-order valence-corrected chi connectivity index (χ0v) is 19.8. The van der Waals surface area contributed by atoms with E-state index >= 15 is 0 Å². The smallest absolute Gasteiger partial charge is 0.328 e. The van der Waals surface area contributed by atoms with Crippen LogP contribution >= 0.6 is 0 Å². The lowest BCUT2D eigenvalue weighted by atomic mass is 9.95. The Hall–Kier alpha value is -2.24. The molecule has 0 aromatic heterocycles. The van der Waals surface area contributed by atoms with E-state index in [1.165, 1.54) is 6.92 Å². The number of hydrogen-bond acceptors (Lipinski definition) is 7. The minimum Gasteiger partial charge on any atom is -0.480 e. The van der Waals surface area contributed by atoms with E-state index < -0.39 is 54.0 Å². The van der Waals surface area contributed by atoms with Gasteiger partial charge in [0.15, 0.2) is 6.04 Å². The molecule has 0 aliphatic heterocycles. The van der Waals surface area contributed by atoms with Gasteiger partial charge < -0.3 is 37.6 Å². The Balaban J connectivity index is 5.38. The third kappa shape index (κ3) is 9.92. The SMILES string of the molecule is CCC(C)C(NC(=O)C(NC(=O)C(N)CCCCN)C(C)C)C(=O)NC(C(=O)O)C(C)O. The molecule has 0 spiro atoms. The maximum Gasteiger partial charge on any atom is 0.328 e. The molecule has 0 heterocycles. The quantitative estimate of drug-likeness (QED) is 0.152. The monoisotopic (exact) mass is 459 g/mol. The number of nitrogens with one attached hydrogen (secondary N) is 3. The second kappa shape index (κ2) is 14.8. The summed E-state index contributed by atoms with van der Waals surface area (Å²) >= 11 is 0. The molecular weight excluding hydrogens is 418 g/mol. The van der Waals surface area contributed by atoms with Gasteiger partial charge in [0.25, 0.3) is 0 Å². The normalized spacial score (nSPS) is 16.9. The zero-order chi connectivity index (χ0) is 25.0. The van der Waals surface area contributed by atoms with Crippen molar-refractivity contribution in [2.24, 2.45) is 23.3 Å². The molecule has 0 fully saturated rings. The molecule has 0 bridgehead atoms. The number of rotatable bonds is 15. The van der Waals surface area contributed by atoms with Crippen molar-refractivity contribution in [3.05, 3.63) is 0 Å². The fourth-order valence-corrected chi connectivity index (χ4v) is 3.01. The van der Waals surface area contributed by atoms with Crippen molar-refractivity contribution in [3.8, 4) is 0 Å². The minimum absolute atomic E-state index is 0.292. The van der Waals surface area contributed by atoms with E-state index in [2.05, 4.69) is 16.0 Å². The van der Waals surface area contributed by atoms with E-state index in [0.29, 0.717) is 25.8 Å². The number of carboxylic acid groups (broad SMARTS) is 1. The number of hydrogen-bond donors (Lipinski definition) is 7. The van der Waals surface area contributed by atoms with Crippen molar-refractivity contribution in [2.75, 3.05) is 6.54 Å². The summed E-state index contributed by atoms with van der Waals surface area (Å²) in [4.78, 5) is 49.5. The first-order chi connectivity index (χ1) is 14.9. The molecule has 186 valence electrons. The van der Waals surface area contributed by atoms with Gasteiger partial charge in [-0.2, -0.15) is 0 Å². The van der Waals surface area contributed by atoms with Crippen LogP contribution in [0.4, 0.5) is 0 Å². The summed E-state index contributed by atoms with van der Waals surface area (Å²) in [6.45, 7) is 8.80. The molecule has 11 heteroatoms. The molecule has 0 radical (unpaired) electrons. The predicted molar refractivity (Wildman–Crippen MR) is 120 cm³/mol. The van der Waals surface area contributed by atoms with Crippen LogP contribution < -0.4 is 27.4 Å². The molecule has 0 aliphatic carbocycles. The first-order valence-electron chi connectivity index (χ1n) is 11.1. The van der Waals surface area contributed by atoms with Crippen molar-refractivity contribution < 1.29 is 29.4 Å². The molecule has 3 amide bonds. The number of carboxylic acids is 1. The third-order valence-electron chi connectivity index (χ3n) is 5.39. The Morgan fingerprint density at radius 1 is 0.844 bits per heavy atom. The van der Waals surface area contributed by atoms with Gasteiger partial charge in [-0.05, 0) is 38.1 Å². The van der Waals surface area contributed by atoms with Gasteiger partial charge in [0.05, 0.1) is 12.1 Å². The molecular formula is C21H41N5O6. The van der Waals surface area contributed by atoms with Crippen LogP contribution in [0.1, 0.15) is 60.3 Å². The predicted octanol–water partition coefficient (Wildman–Crippen LogP) is -0.935. The van der Waals surface area contributed by atoms with E-state index in [4.69, 9.17) is 11.5 Å². The lowest BCUT2D eigenvalue weighted by Crippen LogP contribution is -2.60. The van der Waals surface area contributed by atoms with Gasteiger partial charge in [0, 0.05) is 0 Å². The van der Waals surface area contributed by atoms with Gasteiger partial charge in [-0.15, -0.1) is 0 Å². The fourth-order valence-electron chi connectivity index (χ4n) is 3.01. The van der Waals surface area contributed by atoms with Crippen LogP contribution in [0.5, 0.6) is 0 Å². The van der Waals surface area contributed by atoms with Crippen LogP contribution in [0.15, 0.2) is 0 Å². The highest BCUT2D eigenvalue weighted by atomic mass is 16.4. The first kappa shape index (κ1) is 29.8. The summed E-state index contributed by atoms with van der Waals surface area (Å²) in [5, 5.41) is 26.4. The third-order valence-corrected chi connectivity index (χ3v) is 5.39. The van der Waals surface area contributed by atoms with Gasteiger partial charge >= 0.3 is 5.97 Å². The highest BCUT2D eigenvalue weighted by Gasteiger charge is 2.34. The molecule has 0 aromatic rings. The summed E-state index contributed by atoms with van der Waals surface area (Å²) in [5.41, 5.74) is 11.4. The van der Waals surface area contributed by atoms with Crippen LogP contribution in [0.2, 0.25) is 0 Å². The Bertz CT molecular complexity index is 628. The second-order valence-electron chi connectivity index (χ2n) is 8.56. The highest BCUT2D eigenvalue weighted by Crippen LogP contribution is 2.11. The molecule has 0 rings (SSSR count). The van der Waals surface area contributed by atoms with Crippen LogP contribution in [-0.4, -0.2) is 70.7 Å². The van der Waals surface area contributed by atoms with Crippen LogP contribution in [0, 0.1) is 11.8 Å². The Labute approximate surface area is 190 Å². The second-order valence-corrected chi connectivity index (χ2v) is 8.56. The molecule has 0 saturated carbocycles. The summed E-state index contributed by atoms with van der Waals surface area (Å²) in [5.74, 6) is -3.79. The van der Waals surface area contributed by atoms with Gasteiger partial charge in [-0.3, -0.25) is 14.4 Å². The van der Waals surface area contributed by atoms with E-state index in [1.54, 1.807) is 20.8 Å². The van der Waals surface area contributed by atoms with Crippen molar-refractivity contribution in [1.29, 1.82) is 0 Å². The Morgan fingerprint density at radius 2 is 1.34 bits per heavy atom. The lowest BCUT2D eigenvalue weighted by molar-refractivity contribution is -0.145. The van der Waals surface area contributed by atoms with Crippen molar-refractivity contribution >= 4 is 23.7 Å². The molecule has 32 heavy (non-hydrogen) atoms. The summed E-state index contributed by atoms with van der Waals surface area (Å²) in [7, 11) is 0. The number of carbonyl (C=O) groups is 4. The average molecular weight is 460 g/mol. The van der Waals surface area contributed by atoms with Gasteiger partial charge in [-0.25, -0.2) is 4.79 Å². The van der Waals surface area contributed by atoms with E-state index in [9.17, 15) is 29.4 Å². The number of amides is 3. The zero-order valence-electron chi connectivity index (χ0n) is 19.8. The molecule has 0 aliphatic rings. The maximum atomic E-state index is 13.0. The van der Waals surface area contributed by atoms with Crippen LogP contribution in [0.25, 0.3) is 0 Å². The summed E-state index contributed by atoms with van der Waals surface area (Å²) in [6.07, 6.45) is 1.06. The Kier molecular flexibility index (Phi) is 13.7. The molecule has 11 nitrogen and oxygen atoms in total. The van der Waals surface area contributed by atoms with E-state index in [1.807, 2.05) is 6.92 Å². The lowest BCUT2D eigenvalue weighted by Gasteiger charge is -2.29. The average Bonchev–Trinajstić information content (AvgIpc) is 2.72.